The lowest BCUT2D eigenvalue weighted by Gasteiger charge is -2.32. The number of amides is 1. The molecule has 0 aliphatic carbocycles. The zero-order valence-corrected chi connectivity index (χ0v) is 18.7. The van der Waals surface area contributed by atoms with Crippen LogP contribution in [0.3, 0.4) is 0 Å². The van der Waals surface area contributed by atoms with Gasteiger partial charge < -0.3 is 14.8 Å². The van der Waals surface area contributed by atoms with Crippen LogP contribution in [0.4, 0.5) is 5.69 Å². The maximum Gasteiger partial charge on any atom is 0.224 e. The van der Waals surface area contributed by atoms with Crippen LogP contribution in [0.15, 0.2) is 29.6 Å². The summed E-state index contributed by atoms with van der Waals surface area (Å²) in [7, 11) is 3.18. The number of hydrogen-bond donors (Lipinski definition) is 1. The van der Waals surface area contributed by atoms with E-state index in [1.54, 1.807) is 39.3 Å². The van der Waals surface area contributed by atoms with Gasteiger partial charge in [0.15, 0.2) is 5.78 Å². The van der Waals surface area contributed by atoms with Gasteiger partial charge in [-0.25, -0.2) is 0 Å². The molecule has 1 N–H and O–H groups in total. The van der Waals surface area contributed by atoms with Gasteiger partial charge >= 0.3 is 0 Å². The van der Waals surface area contributed by atoms with Crippen molar-refractivity contribution in [2.75, 3.05) is 32.6 Å². The number of anilines is 1. The zero-order valence-electron chi connectivity index (χ0n) is 17.9. The van der Waals surface area contributed by atoms with E-state index in [0.29, 0.717) is 29.5 Å². The molecule has 1 amide bonds. The first-order chi connectivity index (χ1) is 14.5. The highest BCUT2D eigenvalue weighted by Gasteiger charge is 2.21. The summed E-state index contributed by atoms with van der Waals surface area (Å²) in [5, 5.41) is 5.03. The first-order valence-corrected chi connectivity index (χ1v) is 11.2. The van der Waals surface area contributed by atoms with Crippen molar-refractivity contribution in [2.45, 2.75) is 39.2 Å². The molecule has 0 bridgehead atoms. The number of benzene rings is 1. The van der Waals surface area contributed by atoms with Gasteiger partial charge in [0, 0.05) is 43.4 Å². The highest BCUT2D eigenvalue weighted by atomic mass is 32.1. The second-order valence-corrected chi connectivity index (χ2v) is 8.72. The summed E-state index contributed by atoms with van der Waals surface area (Å²) in [6.07, 6.45) is 3.65. The van der Waals surface area contributed by atoms with Crippen molar-refractivity contribution >= 4 is 28.7 Å². The molecular weight excluding hydrogens is 400 g/mol. The predicted octanol–water partition coefficient (Wildman–Crippen LogP) is 4.60. The summed E-state index contributed by atoms with van der Waals surface area (Å²) in [4.78, 5) is 27.2. The minimum Gasteiger partial charge on any atom is -0.497 e. The number of methoxy groups -OCH3 is 2. The van der Waals surface area contributed by atoms with Crippen molar-refractivity contribution in [3.05, 3.63) is 40.1 Å². The molecule has 0 unspecified atom stereocenters. The molecule has 1 aromatic heterocycles. The molecule has 1 aromatic carbocycles. The summed E-state index contributed by atoms with van der Waals surface area (Å²) in [6.45, 7) is 4.54. The average Bonchev–Trinajstić information content (AvgIpc) is 3.21. The van der Waals surface area contributed by atoms with E-state index in [4.69, 9.17) is 9.47 Å². The topological polar surface area (TPSA) is 67.9 Å². The van der Waals surface area contributed by atoms with Crippen molar-refractivity contribution in [2.24, 2.45) is 5.92 Å². The number of ether oxygens (including phenoxy) is 2. The first-order valence-electron chi connectivity index (χ1n) is 10.3. The zero-order chi connectivity index (χ0) is 21.5. The largest absolute Gasteiger partial charge is 0.497 e. The molecule has 2 aromatic rings. The Balaban J connectivity index is 1.48. The molecule has 1 fully saturated rings. The van der Waals surface area contributed by atoms with Gasteiger partial charge in [0.05, 0.1) is 19.1 Å². The average molecular weight is 431 g/mol. The van der Waals surface area contributed by atoms with Gasteiger partial charge in [-0.1, -0.05) is 0 Å². The van der Waals surface area contributed by atoms with Gasteiger partial charge in [-0.15, -0.1) is 11.3 Å². The Morgan fingerprint density at radius 3 is 2.53 bits per heavy atom. The second kappa shape index (κ2) is 10.6. The SMILES string of the molecule is COc1cc(NC(=O)CC[C@@H]2CCCN(Cc3csc(C(C)=O)c3)C2)cc(OC)c1. The van der Waals surface area contributed by atoms with E-state index in [1.165, 1.54) is 16.9 Å². The number of hydrogen-bond acceptors (Lipinski definition) is 6. The second-order valence-electron chi connectivity index (χ2n) is 7.81. The van der Waals surface area contributed by atoms with Crippen molar-refractivity contribution in [3.63, 3.8) is 0 Å². The fraction of sp³-hybridized carbons (Fsp3) is 0.478. The Kier molecular flexibility index (Phi) is 7.87. The van der Waals surface area contributed by atoms with Gasteiger partial charge in [-0.05, 0) is 55.7 Å². The Labute approximate surface area is 182 Å². The van der Waals surface area contributed by atoms with Crippen molar-refractivity contribution in [1.82, 2.24) is 4.90 Å². The molecule has 162 valence electrons. The number of likely N-dealkylation sites (tertiary alicyclic amines) is 1. The van der Waals surface area contributed by atoms with E-state index in [-0.39, 0.29) is 11.7 Å². The quantitative estimate of drug-likeness (QED) is 0.589. The molecule has 1 aliphatic rings. The fourth-order valence-electron chi connectivity index (χ4n) is 3.87. The monoisotopic (exact) mass is 430 g/mol. The summed E-state index contributed by atoms with van der Waals surface area (Å²) < 4.78 is 10.5. The molecule has 0 saturated carbocycles. The molecule has 30 heavy (non-hydrogen) atoms. The number of Topliss-reactive ketones (excluding diaryl/α,β-unsaturated/α-hetero) is 1. The molecule has 0 radical (unpaired) electrons. The predicted molar refractivity (Wildman–Crippen MR) is 120 cm³/mol. The lowest BCUT2D eigenvalue weighted by Crippen LogP contribution is -2.35. The number of ketones is 1. The lowest BCUT2D eigenvalue weighted by atomic mass is 9.93. The number of carbonyl (C=O) groups excluding carboxylic acids is 2. The fourth-order valence-corrected chi connectivity index (χ4v) is 4.68. The summed E-state index contributed by atoms with van der Waals surface area (Å²) in [6, 6.07) is 7.36. The molecule has 1 aliphatic heterocycles. The molecule has 3 rings (SSSR count). The maximum absolute atomic E-state index is 12.5. The standard InChI is InChI=1S/C23H30N2O4S/c1-16(26)22-9-18(15-30-22)14-25-8-4-5-17(13-25)6-7-23(27)24-19-10-20(28-2)12-21(11-19)29-3/h9-12,15,17H,4-8,13-14H2,1-3H3,(H,24,27)/t17-/m0/s1. The number of nitrogens with one attached hydrogen (secondary N) is 1. The van der Waals surface area contributed by atoms with E-state index in [2.05, 4.69) is 15.6 Å². The molecule has 0 spiro atoms. The Bertz CT molecular complexity index is 858. The minimum absolute atomic E-state index is 0.00589. The number of rotatable bonds is 9. The van der Waals surface area contributed by atoms with Crippen LogP contribution in [0, 0.1) is 5.92 Å². The molecule has 7 heteroatoms. The minimum atomic E-state index is 0.00589. The van der Waals surface area contributed by atoms with Crippen LogP contribution >= 0.6 is 11.3 Å². The maximum atomic E-state index is 12.5. The third-order valence-corrected chi connectivity index (χ3v) is 6.50. The van der Waals surface area contributed by atoms with Crippen molar-refractivity contribution in [1.29, 1.82) is 0 Å². The third-order valence-electron chi connectivity index (χ3n) is 5.42. The Morgan fingerprint density at radius 1 is 1.17 bits per heavy atom. The van der Waals surface area contributed by atoms with E-state index in [1.807, 2.05) is 6.07 Å². The van der Waals surface area contributed by atoms with Crippen molar-refractivity contribution < 1.29 is 19.1 Å². The van der Waals surface area contributed by atoms with Gasteiger partial charge in [0.2, 0.25) is 5.91 Å². The van der Waals surface area contributed by atoms with Crippen LogP contribution in [0.2, 0.25) is 0 Å². The highest BCUT2D eigenvalue weighted by Crippen LogP contribution is 2.27. The third kappa shape index (κ3) is 6.31. The number of piperidine rings is 1. The molecule has 2 heterocycles. The van der Waals surface area contributed by atoms with Gasteiger partial charge in [0.1, 0.15) is 11.5 Å². The summed E-state index contributed by atoms with van der Waals surface area (Å²) in [5.74, 6) is 1.94. The summed E-state index contributed by atoms with van der Waals surface area (Å²) >= 11 is 1.52. The van der Waals surface area contributed by atoms with Crippen LogP contribution in [0.1, 0.15) is 47.8 Å². The van der Waals surface area contributed by atoms with E-state index >= 15 is 0 Å². The van der Waals surface area contributed by atoms with E-state index in [0.717, 1.165) is 43.8 Å². The van der Waals surface area contributed by atoms with Gasteiger partial charge in [-0.3, -0.25) is 14.5 Å². The van der Waals surface area contributed by atoms with Crippen LogP contribution in [0.5, 0.6) is 11.5 Å². The van der Waals surface area contributed by atoms with Crippen molar-refractivity contribution in [3.8, 4) is 11.5 Å². The number of thiophene rings is 1. The Hall–Kier alpha value is -2.38. The van der Waals surface area contributed by atoms with Crippen LogP contribution in [-0.4, -0.2) is 43.9 Å². The number of carbonyl (C=O) groups is 2. The summed E-state index contributed by atoms with van der Waals surface area (Å²) in [5.41, 5.74) is 1.88. The molecular formula is C23H30N2O4S. The molecule has 6 nitrogen and oxygen atoms in total. The van der Waals surface area contributed by atoms with E-state index < -0.39 is 0 Å². The molecule has 1 atom stereocenters. The normalized spacial score (nSPS) is 16.8. The van der Waals surface area contributed by atoms with Crippen LogP contribution in [0.25, 0.3) is 0 Å². The highest BCUT2D eigenvalue weighted by molar-refractivity contribution is 7.12. The first kappa shape index (κ1) is 22.3. The van der Waals surface area contributed by atoms with Gasteiger partial charge in [0.25, 0.3) is 0 Å². The van der Waals surface area contributed by atoms with Gasteiger partial charge in [-0.2, -0.15) is 0 Å². The lowest BCUT2D eigenvalue weighted by molar-refractivity contribution is -0.116. The Morgan fingerprint density at radius 2 is 1.90 bits per heavy atom. The number of nitrogens with zero attached hydrogens (tertiary/aromatic N) is 1. The molecule has 1 saturated heterocycles. The van der Waals surface area contributed by atoms with Crippen LogP contribution in [-0.2, 0) is 11.3 Å². The van der Waals surface area contributed by atoms with Crippen LogP contribution < -0.4 is 14.8 Å². The van der Waals surface area contributed by atoms with E-state index in [9.17, 15) is 9.59 Å². The smallest absolute Gasteiger partial charge is 0.224 e.